The summed E-state index contributed by atoms with van der Waals surface area (Å²) in [5.74, 6) is 0.465. The first-order valence-corrected chi connectivity index (χ1v) is 11.0. The summed E-state index contributed by atoms with van der Waals surface area (Å²) < 4.78 is 36.6. The molecule has 25 heavy (non-hydrogen) atoms. The largest absolute Gasteiger partial charge is 0.251 e. The summed E-state index contributed by atoms with van der Waals surface area (Å²) in [5, 5.41) is 5.08. The molecule has 3 rings (SSSR count). The Kier molecular flexibility index (Phi) is 4.77. The van der Waals surface area contributed by atoms with Crippen LogP contribution in [0.25, 0.3) is 17.1 Å². The molecule has 1 heterocycles. The van der Waals surface area contributed by atoms with Gasteiger partial charge in [0.25, 0.3) is 0 Å². The highest BCUT2D eigenvalue weighted by Gasteiger charge is 2.16. The zero-order valence-electron chi connectivity index (χ0n) is 13.4. The highest BCUT2D eigenvalue weighted by molar-refractivity contribution is 7.90. The maximum Gasteiger partial charge on any atom is 0.239 e. The van der Waals surface area contributed by atoms with Gasteiger partial charge in [-0.3, -0.25) is 4.21 Å². The van der Waals surface area contributed by atoms with Gasteiger partial charge >= 0.3 is 0 Å². The fraction of sp³-hybridized carbons (Fsp3) is 0.125. The Morgan fingerprint density at radius 3 is 2.16 bits per heavy atom. The van der Waals surface area contributed by atoms with E-state index in [4.69, 9.17) is 11.6 Å². The molecule has 0 fully saturated rings. The molecule has 0 N–H and O–H groups in total. The van der Waals surface area contributed by atoms with Crippen LogP contribution >= 0.6 is 11.6 Å². The van der Waals surface area contributed by atoms with Gasteiger partial charge in [-0.25, -0.2) is 13.1 Å². The molecule has 0 spiro atoms. The molecule has 1 unspecified atom stereocenters. The standard InChI is InChI=1S/C16H14ClN3O3S2/c1-24(21)16-18-15(11-3-9-14(10-4-11)25(2,22)23)20(19-16)13-7-5-12(17)6-8-13/h3-10H,1-2H3. The summed E-state index contributed by atoms with van der Waals surface area (Å²) in [6.07, 6.45) is 2.65. The van der Waals surface area contributed by atoms with Gasteiger partial charge in [0.15, 0.2) is 15.7 Å². The van der Waals surface area contributed by atoms with Crippen molar-refractivity contribution in [2.75, 3.05) is 12.5 Å². The molecule has 1 aromatic heterocycles. The predicted molar refractivity (Wildman–Crippen MR) is 97.2 cm³/mol. The molecule has 0 aliphatic heterocycles. The minimum atomic E-state index is -3.28. The molecule has 3 aromatic rings. The third-order valence-electron chi connectivity index (χ3n) is 3.46. The van der Waals surface area contributed by atoms with Crippen LogP contribution in [0.2, 0.25) is 5.02 Å². The fourth-order valence-corrected chi connectivity index (χ4v) is 3.38. The van der Waals surface area contributed by atoms with E-state index in [0.717, 1.165) is 6.26 Å². The van der Waals surface area contributed by atoms with E-state index in [2.05, 4.69) is 10.1 Å². The van der Waals surface area contributed by atoms with Crippen LogP contribution in [0, 0.1) is 0 Å². The Morgan fingerprint density at radius 1 is 1.04 bits per heavy atom. The van der Waals surface area contributed by atoms with E-state index in [0.29, 0.717) is 22.1 Å². The van der Waals surface area contributed by atoms with E-state index in [-0.39, 0.29) is 10.1 Å². The number of sulfone groups is 1. The first kappa shape index (κ1) is 17.8. The predicted octanol–water partition coefficient (Wildman–Crippen LogP) is 2.73. The van der Waals surface area contributed by atoms with Gasteiger partial charge in [0.2, 0.25) is 5.16 Å². The number of halogens is 1. The average Bonchev–Trinajstić information content (AvgIpc) is 3.00. The molecule has 1 atom stereocenters. The SMILES string of the molecule is CS(=O)c1nc(-c2ccc(S(C)(=O)=O)cc2)n(-c2ccc(Cl)cc2)n1. The Balaban J connectivity index is 2.14. The molecule has 9 heteroatoms. The lowest BCUT2D eigenvalue weighted by molar-refractivity contribution is 0.602. The van der Waals surface area contributed by atoms with Crippen molar-refractivity contribution >= 4 is 32.2 Å². The smallest absolute Gasteiger partial charge is 0.239 e. The molecule has 0 aliphatic rings. The molecule has 2 aromatic carbocycles. The maximum atomic E-state index is 11.8. The van der Waals surface area contributed by atoms with Crippen LogP contribution in [0.4, 0.5) is 0 Å². The van der Waals surface area contributed by atoms with E-state index in [1.54, 1.807) is 41.1 Å². The van der Waals surface area contributed by atoms with Crippen molar-refractivity contribution in [2.45, 2.75) is 10.1 Å². The molecular formula is C16H14ClN3O3S2. The fourth-order valence-electron chi connectivity index (χ4n) is 2.22. The van der Waals surface area contributed by atoms with Crippen LogP contribution in [-0.4, -0.2) is 39.9 Å². The number of rotatable bonds is 4. The summed E-state index contributed by atoms with van der Waals surface area (Å²) in [4.78, 5) is 4.56. The van der Waals surface area contributed by atoms with E-state index in [1.165, 1.54) is 18.4 Å². The Bertz CT molecular complexity index is 1040. The number of nitrogens with zero attached hydrogens (tertiary/aromatic N) is 3. The van der Waals surface area contributed by atoms with Gasteiger partial charge in [-0.05, 0) is 48.5 Å². The number of hydrogen-bond acceptors (Lipinski definition) is 5. The molecule has 0 amide bonds. The lowest BCUT2D eigenvalue weighted by atomic mass is 10.2. The van der Waals surface area contributed by atoms with Crippen molar-refractivity contribution in [3.8, 4) is 17.1 Å². The molecule has 0 radical (unpaired) electrons. The zero-order chi connectivity index (χ0) is 18.2. The van der Waals surface area contributed by atoms with Crippen LogP contribution in [0.15, 0.2) is 58.6 Å². The monoisotopic (exact) mass is 395 g/mol. The van der Waals surface area contributed by atoms with Crippen molar-refractivity contribution in [3.05, 3.63) is 53.6 Å². The van der Waals surface area contributed by atoms with Crippen molar-refractivity contribution < 1.29 is 12.6 Å². The summed E-state index contributed by atoms with van der Waals surface area (Å²) in [6.45, 7) is 0. The Labute approximate surface area is 152 Å². The van der Waals surface area contributed by atoms with Crippen LogP contribution in [-0.2, 0) is 20.6 Å². The normalized spacial score (nSPS) is 12.9. The third kappa shape index (κ3) is 3.81. The van der Waals surface area contributed by atoms with Gasteiger partial charge in [0.05, 0.1) is 21.4 Å². The van der Waals surface area contributed by atoms with Crippen LogP contribution < -0.4 is 0 Å². The lowest BCUT2D eigenvalue weighted by Crippen LogP contribution is -2.01. The van der Waals surface area contributed by atoms with Crippen LogP contribution in [0.3, 0.4) is 0 Å². The first-order valence-electron chi connectivity index (χ1n) is 7.12. The quantitative estimate of drug-likeness (QED) is 0.678. The van der Waals surface area contributed by atoms with Gasteiger partial charge in [0, 0.05) is 23.1 Å². The Hall–Kier alpha value is -2.03. The van der Waals surface area contributed by atoms with Gasteiger partial charge < -0.3 is 0 Å². The van der Waals surface area contributed by atoms with Gasteiger partial charge in [0.1, 0.15) is 0 Å². The highest BCUT2D eigenvalue weighted by atomic mass is 35.5. The number of benzene rings is 2. The summed E-state index contributed by atoms with van der Waals surface area (Å²) in [7, 11) is -4.64. The molecule has 130 valence electrons. The molecular weight excluding hydrogens is 382 g/mol. The Morgan fingerprint density at radius 2 is 1.64 bits per heavy atom. The highest BCUT2D eigenvalue weighted by Crippen LogP contribution is 2.24. The maximum absolute atomic E-state index is 11.8. The molecule has 0 saturated heterocycles. The van der Waals surface area contributed by atoms with Crippen molar-refractivity contribution in [2.24, 2.45) is 0 Å². The van der Waals surface area contributed by atoms with Gasteiger partial charge in [-0.2, -0.15) is 4.98 Å². The van der Waals surface area contributed by atoms with E-state index in [9.17, 15) is 12.6 Å². The second-order valence-electron chi connectivity index (χ2n) is 5.36. The van der Waals surface area contributed by atoms with Crippen LogP contribution in [0.1, 0.15) is 0 Å². The molecule has 0 aliphatic carbocycles. The second kappa shape index (κ2) is 6.70. The summed E-state index contributed by atoms with van der Waals surface area (Å²) >= 11 is 5.92. The zero-order valence-corrected chi connectivity index (χ0v) is 15.8. The van der Waals surface area contributed by atoms with E-state index in [1.807, 2.05) is 0 Å². The average molecular weight is 396 g/mol. The van der Waals surface area contributed by atoms with Crippen molar-refractivity contribution in [3.63, 3.8) is 0 Å². The van der Waals surface area contributed by atoms with Crippen molar-refractivity contribution in [1.82, 2.24) is 14.8 Å². The number of aromatic nitrogens is 3. The summed E-state index contributed by atoms with van der Waals surface area (Å²) in [5.41, 5.74) is 1.36. The van der Waals surface area contributed by atoms with Crippen LogP contribution in [0.5, 0.6) is 0 Å². The lowest BCUT2D eigenvalue weighted by Gasteiger charge is -2.06. The van der Waals surface area contributed by atoms with Gasteiger partial charge in [-0.1, -0.05) is 11.6 Å². The summed E-state index contributed by atoms with van der Waals surface area (Å²) in [6, 6.07) is 13.3. The van der Waals surface area contributed by atoms with E-state index < -0.39 is 20.6 Å². The number of hydrogen-bond donors (Lipinski definition) is 0. The minimum Gasteiger partial charge on any atom is -0.251 e. The molecule has 0 bridgehead atoms. The second-order valence-corrected chi connectivity index (χ2v) is 9.08. The van der Waals surface area contributed by atoms with E-state index >= 15 is 0 Å². The third-order valence-corrected chi connectivity index (χ3v) is 5.52. The molecule has 6 nitrogen and oxygen atoms in total. The topological polar surface area (TPSA) is 81.9 Å². The minimum absolute atomic E-state index is 0.192. The van der Waals surface area contributed by atoms with Gasteiger partial charge in [-0.15, -0.1) is 5.10 Å². The van der Waals surface area contributed by atoms with Crippen molar-refractivity contribution in [1.29, 1.82) is 0 Å². The first-order chi connectivity index (χ1) is 11.8. The molecule has 0 saturated carbocycles.